The number of ether oxygens (including phenoxy) is 1. The van der Waals surface area contributed by atoms with Crippen LogP contribution in [0.4, 0.5) is 5.69 Å². The van der Waals surface area contributed by atoms with Crippen molar-refractivity contribution in [2.24, 2.45) is 0 Å². The van der Waals surface area contributed by atoms with Crippen LogP contribution in [0.15, 0.2) is 36.5 Å². The number of benzene rings is 1. The van der Waals surface area contributed by atoms with Crippen LogP contribution in [0, 0.1) is 0 Å². The van der Waals surface area contributed by atoms with Crippen molar-refractivity contribution in [1.82, 2.24) is 19.9 Å². The van der Waals surface area contributed by atoms with Crippen molar-refractivity contribution in [2.75, 3.05) is 37.6 Å². The van der Waals surface area contributed by atoms with Gasteiger partial charge in [-0.3, -0.25) is 14.6 Å². The Hall–Kier alpha value is -2.91. The molecular weight excluding hydrogens is 414 g/mol. The largest absolute Gasteiger partial charge is 0.383 e. The topological polar surface area (TPSA) is 98.1 Å². The van der Waals surface area contributed by atoms with Crippen LogP contribution in [0.1, 0.15) is 23.7 Å². The molecule has 2 aromatic heterocycles. The molecule has 8 nitrogen and oxygen atoms in total. The summed E-state index contributed by atoms with van der Waals surface area (Å²) >= 11 is 1.74. The molecule has 0 aliphatic heterocycles. The minimum atomic E-state index is -0.213. The molecule has 0 aliphatic carbocycles. The van der Waals surface area contributed by atoms with Gasteiger partial charge in [0.15, 0.2) is 5.82 Å². The summed E-state index contributed by atoms with van der Waals surface area (Å²) in [6.07, 6.45) is 4.62. The van der Waals surface area contributed by atoms with E-state index in [1.807, 2.05) is 29.0 Å². The highest BCUT2D eigenvalue weighted by atomic mass is 32.2. The predicted octanol–water partition coefficient (Wildman–Crippen LogP) is 3.19. The van der Waals surface area contributed by atoms with E-state index < -0.39 is 0 Å². The first kappa shape index (κ1) is 22.8. The van der Waals surface area contributed by atoms with Crippen molar-refractivity contribution in [3.8, 4) is 11.5 Å². The second kappa shape index (κ2) is 10.9. The number of amides is 2. The van der Waals surface area contributed by atoms with Crippen LogP contribution in [0.25, 0.3) is 22.6 Å². The molecule has 0 spiro atoms. The number of pyridine rings is 1. The molecule has 3 aromatic rings. The lowest BCUT2D eigenvalue weighted by Crippen LogP contribution is -2.26. The van der Waals surface area contributed by atoms with E-state index in [-0.39, 0.29) is 11.8 Å². The van der Waals surface area contributed by atoms with Crippen molar-refractivity contribution in [3.05, 3.63) is 42.1 Å². The molecule has 0 unspecified atom stereocenters. The van der Waals surface area contributed by atoms with E-state index in [4.69, 9.17) is 9.72 Å². The van der Waals surface area contributed by atoms with Crippen molar-refractivity contribution >= 4 is 40.3 Å². The van der Waals surface area contributed by atoms with E-state index in [2.05, 4.69) is 15.6 Å². The van der Waals surface area contributed by atoms with E-state index in [0.717, 1.165) is 12.2 Å². The SMILES string of the molecule is COCCn1c(-c2ccccn2)nc2cc(NC(C)=O)cc(C(=O)NCCCSC)c21. The molecule has 0 saturated heterocycles. The molecule has 164 valence electrons. The van der Waals surface area contributed by atoms with Gasteiger partial charge < -0.3 is 19.9 Å². The molecule has 2 N–H and O–H groups in total. The molecule has 0 bridgehead atoms. The fourth-order valence-electron chi connectivity index (χ4n) is 3.32. The summed E-state index contributed by atoms with van der Waals surface area (Å²) in [4.78, 5) is 34.0. The average Bonchev–Trinajstić information content (AvgIpc) is 3.13. The molecule has 1 aromatic carbocycles. The number of carbonyl (C=O) groups is 2. The number of nitrogens with zero attached hydrogens (tertiary/aromatic N) is 3. The third-order valence-electron chi connectivity index (χ3n) is 4.63. The standard InChI is InChI=1S/C22H27N5O3S/c1-15(28)25-16-13-17(22(29)24-9-6-12-31-3)20-19(14-16)26-21(27(20)10-11-30-2)18-7-4-5-8-23-18/h4-5,7-8,13-14H,6,9-12H2,1-3H3,(H,24,29)(H,25,28). The molecule has 3 rings (SSSR count). The minimum Gasteiger partial charge on any atom is -0.383 e. The maximum Gasteiger partial charge on any atom is 0.253 e. The zero-order chi connectivity index (χ0) is 22.2. The van der Waals surface area contributed by atoms with Crippen LogP contribution in [0.3, 0.4) is 0 Å². The number of aromatic nitrogens is 3. The van der Waals surface area contributed by atoms with Crippen LogP contribution in [-0.2, 0) is 16.1 Å². The van der Waals surface area contributed by atoms with Gasteiger partial charge in [-0.05, 0) is 42.7 Å². The monoisotopic (exact) mass is 441 g/mol. The third-order valence-corrected chi connectivity index (χ3v) is 5.33. The van der Waals surface area contributed by atoms with Gasteiger partial charge in [-0.1, -0.05) is 6.07 Å². The number of anilines is 1. The Morgan fingerprint density at radius 3 is 2.77 bits per heavy atom. The molecule has 0 atom stereocenters. The Balaban J connectivity index is 2.14. The Morgan fingerprint density at radius 2 is 2.10 bits per heavy atom. The fourth-order valence-corrected chi connectivity index (χ4v) is 3.75. The molecule has 31 heavy (non-hydrogen) atoms. The summed E-state index contributed by atoms with van der Waals surface area (Å²) in [5, 5.41) is 5.75. The van der Waals surface area contributed by atoms with Crippen LogP contribution >= 0.6 is 11.8 Å². The van der Waals surface area contributed by atoms with Gasteiger partial charge in [-0.2, -0.15) is 11.8 Å². The summed E-state index contributed by atoms with van der Waals surface area (Å²) in [6, 6.07) is 9.08. The Kier molecular flexibility index (Phi) is 8.02. The van der Waals surface area contributed by atoms with Crippen molar-refractivity contribution in [3.63, 3.8) is 0 Å². The number of rotatable bonds is 10. The molecule has 0 saturated carbocycles. The lowest BCUT2D eigenvalue weighted by molar-refractivity contribution is -0.114. The van der Waals surface area contributed by atoms with E-state index >= 15 is 0 Å². The second-order valence-corrected chi connectivity index (χ2v) is 7.96. The normalized spacial score (nSPS) is 10.9. The number of hydrogen-bond acceptors (Lipinski definition) is 6. The first-order valence-electron chi connectivity index (χ1n) is 10.0. The number of fused-ring (bicyclic) bond motifs is 1. The Bertz CT molecular complexity index is 1050. The Morgan fingerprint density at radius 1 is 1.26 bits per heavy atom. The molecule has 0 radical (unpaired) electrons. The average molecular weight is 442 g/mol. The van der Waals surface area contributed by atoms with Gasteiger partial charge in [0.1, 0.15) is 5.69 Å². The van der Waals surface area contributed by atoms with Gasteiger partial charge >= 0.3 is 0 Å². The van der Waals surface area contributed by atoms with Crippen LogP contribution < -0.4 is 10.6 Å². The van der Waals surface area contributed by atoms with Gasteiger partial charge in [0.2, 0.25) is 5.91 Å². The summed E-state index contributed by atoms with van der Waals surface area (Å²) in [5.74, 6) is 1.19. The number of thioether (sulfide) groups is 1. The van der Waals surface area contributed by atoms with Gasteiger partial charge in [-0.15, -0.1) is 0 Å². The summed E-state index contributed by atoms with van der Waals surface area (Å²) < 4.78 is 7.25. The highest BCUT2D eigenvalue weighted by Crippen LogP contribution is 2.29. The summed E-state index contributed by atoms with van der Waals surface area (Å²) in [5.41, 5.74) is 2.98. The van der Waals surface area contributed by atoms with E-state index in [0.29, 0.717) is 53.5 Å². The smallest absolute Gasteiger partial charge is 0.253 e. The molecule has 2 amide bonds. The zero-order valence-electron chi connectivity index (χ0n) is 18.0. The van der Waals surface area contributed by atoms with E-state index in [1.165, 1.54) is 6.92 Å². The summed E-state index contributed by atoms with van der Waals surface area (Å²) in [6.45, 7) is 2.96. The van der Waals surface area contributed by atoms with Crippen LogP contribution in [0.5, 0.6) is 0 Å². The predicted molar refractivity (Wildman–Crippen MR) is 124 cm³/mol. The first-order chi connectivity index (χ1) is 15.0. The number of carbonyl (C=O) groups excluding carboxylic acids is 2. The van der Waals surface area contributed by atoms with Gasteiger partial charge in [-0.25, -0.2) is 4.98 Å². The minimum absolute atomic E-state index is 0.204. The fraction of sp³-hybridized carbons (Fsp3) is 0.364. The van der Waals surface area contributed by atoms with Crippen molar-refractivity contribution in [2.45, 2.75) is 19.9 Å². The van der Waals surface area contributed by atoms with E-state index in [1.54, 1.807) is 37.2 Å². The number of imidazole rings is 1. The van der Waals surface area contributed by atoms with E-state index in [9.17, 15) is 9.59 Å². The molecule has 0 aliphatic rings. The quantitative estimate of drug-likeness (QED) is 0.469. The first-order valence-corrected chi connectivity index (χ1v) is 11.4. The highest BCUT2D eigenvalue weighted by Gasteiger charge is 2.21. The number of nitrogens with one attached hydrogen (secondary N) is 2. The molecule has 2 heterocycles. The third kappa shape index (κ3) is 5.62. The lowest BCUT2D eigenvalue weighted by Gasteiger charge is -2.13. The molecule has 9 heteroatoms. The van der Waals surface area contributed by atoms with Gasteiger partial charge in [0.25, 0.3) is 5.91 Å². The van der Waals surface area contributed by atoms with Gasteiger partial charge in [0, 0.05) is 39.0 Å². The van der Waals surface area contributed by atoms with Crippen LogP contribution in [0.2, 0.25) is 0 Å². The molecular formula is C22H27N5O3S. The maximum atomic E-state index is 13.1. The Labute approximate surface area is 185 Å². The zero-order valence-corrected chi connectivity index (χ0v) is 18.8. The van der Waals surface area contributed by atoms with Crippen LogP contribution in [-0.4, -0.2) is 58.6 Å². The maximum absolute atomic E-state index is 13.1. The van der Waals surface area contributed by atoms with Gasteiger partial charge in [0.05, 0.1) is 23.2 Å². The highest BCUT2D eigenvalue weighted by molar-refractivity contribution is 7.98. The van der Waals surface area contributed by atoms with Crippen molar-refractivity contribution < 1.29 is 14.3 Å². The molecule has 0 fully saturated rings. The number of hydrogen-bond donors (Lipinski definition) is 2. The number of methoxy groups -OCH3 is 1. The van der Waals surface area contributed by atoms with Crippen molar-refractivity contribution in [1.29, 1.82) is 0 Å². The second-order valence-electron chi connectivity index (χ2n) is 6.97. The lowest BCUT2D eigenvalue weighted by atomic mass is 10.1. The summed E-state index contributed by atoms with van der Waals surface area (Å²) in [7, 11) is 1.63.